The fourth-order valence-electron chi connectivity index (χ4n) is 1.91. The van der Waals surface area contributed by atoms with E-state index in [0.717, 1.165) is 9.71 Å². The fourth-order valence-corrected chi connectivity index (χ4v) is 3.50. The minimum Gasteiger partial charge on any atom is -0.374 e. The van der Waals surface area contributed by atoms with E-state index in [1.165, 1.54) is 11.3 Å². The molecule has 1 fully saturated rings. The molecule has 2 aromatic rings. The Morgan fingerprint density at radius 3 is 3.12 bits per heavy atom. The number of rotatable bonds is 2. The number of nitrogens with zero attached hydrogens (tertiary/aromatic N) is 2. The Balaban J connectivity index is 2.15. The molecule has 3 rings (SSSR count). The molecule has 88 valence electrons. The van der Waals surface area contributed by atoms with Crippen molar-refractivity contribution in [1.82, 2.24) is 9.38 Å². The van der Waals surface area contributed by atoms with E-state index < -0.39 is 12.3 Å². The number of alkyl halides is 1. The van der Waals surface area contributed by atoms with Crippen molar-refractivity contribution in [3.63, 3.8) is 0 Å². The van der Waals surface area contributed by atoms with Crippen molar-refractivity contribution in [2.24, 2.45) is 0 Å². The van der Waals surface area contributed by atoms with Crippen LogP contribution in [-0.2, 0) is 0 Å². The van der Waals surface area contributed by atoms with E-state index in [9.17, 15) is 9.50 Å². The Labute approximate surface area is 115 Å². The zero-order chi connectivity index (χ0) is 12.0. The van der Waals surface area contributed by atoms with Crippen LogP contribution in [0.2, 0.25) is 0 Å². The van der Waals surface area contributed by atoms with Gasteiger partial charge in [0.1, 0.15) is 17.3 Å². The zero-order valence-electron chi connectivity index (χ0n) is 8.60. The molecule has 0 bridgehead atoms. The monoisotopic (exact) mass is 362 g/mol. The first kappa shape index (κ1) is 11.4. The summed E-state index contributed by atoms with van der Waals surface area (Å²) in [6.07, 6.45) is 2.26. The molecule has 0 radical (unpaired) electrons. The van der Waals surface area contributed by atoms with Crippen LogP contribution in [0.5, 0.6) is 0 Å². The molecule has 3 atom stereocenters. The smallest absolute Gasteiger partial charge is 0.157 e. The second-order valence-electron chi connectivity index (χ2n) is 3.95. The SMILES string of the molecule is OC(C#CI)c1c([C@@H]2C[C@H]2F)sc2cncn12. The highest BCUT2D eigenvalue weighted by molar-refractivity contribution is 14.1. The maximum absolute atomic E-state index is 13.2. The van der Waals surface area contributed by atoms with E-state index in [1.54, 1.807) is 16.9 Å². The Hall–Kier alpha value is -0.650. The van der Waals surface area contributed by atoms with Crippen LogP contribution in [0.25, 0.3) is 4.83 Å². The minimum atomic E-state index is -0.877. The molecular formula is C11H8FIN2OS. The van der Waals surface area contributed by atoms with E-state index in [1.807, 2.05) is 22.6 Å². The van der Waals surface area contributed by atoms with E-state index in [0.29, 0.717) is 12.1 Å². The molecule has 0 saturated heterocycles. The van der Waals surface area contributed by atoms with Crippen molar-refractivity contribution in [3.8, 4) is 9.85 Å². The number of fused-ring (bicyclic) bond motifs is 1. The van der Waals surface area contributed by atoms with E-state index >= 15 is 0 Å². The zero-order valence-corrected chi connectivity index (χ0v) is 11.6. The second-order valence-corrected chi connectivity index (χ2v) is 5.55. The van der Waals surface area contributed by atoms with Gasteiger partial charge in [-0.15, -0.1) is 11.3 Å². The summed E-state index contributed by atoms with van der Waals surface area (Å²) in [5.41, 5.74) is 0.678. The number of hydrogen-bond acceptors (Lipinski definition) is 3. The average Bonchev–Trinajstić information content (AvgIpc) is 2.74. The summed E-state index contributed by atoms with van der Waals surface area (Å²) in [6, 6.07) is 0. The molecule has 0 spiro atoms. The molecule has 17 heavy (non-hydrogen) atoms. The minimum absolute atomic E-state index is 0.0689. The van der Waals surface area contributed by atoms with E-state index in [4.69, 9.17) is 0 Å². The summed E-state index contributed by atoms with van der Waals surface area (Å²) in [5.74, 6) is 2.63. The number of hydrogen-bond donors (Lipinski definition) is 1. The van der Waals surface area contributed by atoms with Crippen LogP contribution in [0.4, 0.5) is 4.39 Å². The first-order chi connectivity index (χ1) is 8.22. The first-order valence-electron chi connectivity index (χ1n) is 5.10. The molecule has 2 aromatic heterocycles. The summed E-state index contributed by atoms with van der Waals surface area (Å²) in [7, 11) is 0. The van der Waals surface area contributed by atoms with Crippen LogP contribution in [0.15, 0.2) is 12.5 Å². The van der Waals surface area contributed by atoms with Gasteiger partial charge in [-0.2, -0.15) is 0 Å². The summed E-state index contributed by atoms with van der Waals surface area (Å²) in [5, 5.41) is 10.0. The number of aromatic nitrogens is 2. The Morgan fingerprint density at radius 1 is 1.71 bits per heavy atom. The van der Waals surface area contributed by atoms with Gasteiger partial charge in [0.2, 0.25) is 0 Å². The van der Waals surface area contributed by atoms with Gasteiger partial charge < -0.3 is 5.11 Å². The fraction of sp³-hybridized carbons (Fsp3) is 0.364. The van der Waals surface area contributed by atoms with Crippen LogP contribution >= 0.6 is 33.9 Å². The van der Waals surface area contributed by atoms with Crippen LogP contribution < -0.4 is 0 Å². The number of thiazole rings is 1. The van der Waals surface area contributed by atoms with Gasteiger partial charge in [-0.1, -0.05) is 5.92 Å². The van der Waals surface area contributed by atoms with Crippen LogP contribution in [0.1, 0.15) is 29.0 Å². The molecule has 0 amide bonds. The molecule has 1 N–H and O–H groups in total. The third-order valence-corrected chi connectivity index (χ3v) is 4.39. The lowest BCUT2D eigenvalue weighted by Gasteiger charge is -2.05. The van der Waals surface area contributed by atoms with Gasteiger partial charge in [-0.05, 0) is 10.3 Å². The van der Waals surface area contributed by atoms with Crippen molar-refractivity contribution in [3.05, 3.63) is 23.1 Å². The van der Waals surface area contributed by atoms with Gasteiger partial charge >= 0.3 is 0 Å². The van der Waals surface area contributed by atoms with Crippen molar-refractivity contribution in [2.45, 2.75) is 24.6 Å². The molecule has 1 aliphatic carbocycles. The van der Waals surface area contributed by atoms with Gasteiger partial charge in [-0.25, -0.2) is 9.37 Å². The molecule has 1 aliphatic rings. The highest BCUT2D eigenvalue weighted by atomic mass is 127. The number of halogens is 2. The standard InChI is InChI=1S/C11H8FIN2OS/c12-7-3-6(7)11-10(8(16)1-2-13)15-5-14-4-9(15)17-11/h4-8,16H,3H2/t6-,7-,8?/m1/s1. The number of imidazole rings is 1. The Bertz CT molecular complexity index is 626. The normalized spacial score (nSPS) is 24.4. The maximum atomic E-state index is 13.2. The largest absolute Gasteiger partial charge is 0.374 e. The van der Waals surface area contributed by atoms with Crippen LogP contribution in [-0.4, -0.2) is 20.7 Å². The quantitative estimate of drug-likeness (QED) is 0.659. The van der Waals surface area contributed by atoms with Gasteiger partial charge in [0.05, 0.1) is 11.9 Å². The maximum Gasteiger partial charge on any atom is 0.157 e. The average molecular weight is 362 g/mol. The lowest BCUT2D eigenvalue weighted by atomic mass is 10.2. The lowest BCUT2D eigenvalue weighted by molar-refractivity contribution is 0.231. The van der Waals surface area contributed by atoms with Gasteiger partial charge in [-0.3, -0.25) is 4.40 Å². The highest BCUT2D eigenvalue weighted by Crippen LogP contribution is 2.49. The van der Waals surface area contributed by atoms with E-state index in [-0.39, 0.29) is 5.92 Å². The molecule has 0 aromatic carbocycles. The molecule has 1 unspecified atom stereocenters. The molecule has 0 aliphatic heterocycles. The first-order valence-corrected chi connectivity index (χ1v) is 7.00. The third kappa shape index (κ3) is 1.86. The van der Waals surface area contributed by atoms with Gasteiger partial charge in [0.15, 0.2) is 6.10 Å². The summed E-state index contributed by atoms with van der Waals surface area (Å²) in [6.45, 7) is 0. The predicted molar refractivity (Wildman–Crippen MR) is 72.1 cm³/mol. The van der Waals surface area contributed by atoms with Crippen molar-refractivity contribution >= 4 is 38.8 Å². The van der Waals surface area contributed by atoms with Gasteiger partial charge in [0.25, 0.3) is 0 Å². The Kier molecular flexibility index (Phi) is 2.84. The summed E-state index contributed by atoms with van der Waals surface area (Å²) in [4.78, 5) is 5.85. The Morgan fingerprint density at radius 2 is 2.47 bits per heavy atom. The molecule has 6 heteroatoms. The van der Waals surface area contributed by atoms with Crippen LogP contribution in [0, 0.1) is 9.85 Å². The summed E-state index contributed by atoms with van der Waals surface area (Å²) >= 11 is 3.37. The van der Waals surface area contributed by atoms with E-state index in [2.05, 4.69) is 14.8 Å². The molecule has 3 nitrogen and oxygen atoms in total. The molecular weight excluding hydrogens is 354 g/mol. The number of aliphatic hydroxyl groups is 1. The second kappa shape index (κ2) is 4.23. The topological polar surface area (TPSA) is 37.5 Å². The lowest BCUT2D eigenvalue weighted by Crippen LogP contribution is -2.01. The third-order valence-electron chi connectivity index (χ3n) is 2.83. The van der Waals surface area contributed by atoms with Crippen molar-refractivity contribution in [2.75, 3.05) is 0 Å². The van der Waals surface area contributed by atoms with Crippen molar-refractivity contribution in [1.29, 1.82) is 0 Å². The number of aliphatic hydroxyl groups excluding tert-OH is 1. The molecule has 1 saturated carbocycles. The van der Waals surface area contributed by atoms with Crippen molar-refractivity contribution < 1.29 is 9.50 Å². The van der Waals surface area contributed by atoms with Crippen LogP contribution in [0.3, 0.4) is 0 Å². The molecule has 2 heterocycles. The highest BCUT2D eigenvalue weighted by Gasteiger charge is 2.42. The summed E-state index contributed by atoms with van der Waals surface area (Å²) < 4.78 is 17.6. The van der Waals surface area contributed by atoms with Gasteiger partial charge in [0, 0.05) is 33.4 Å². The predicted octanol–water partition coefficient (Wildman–Crippen LogP) is 2.65.